The Morgan fingerprint density at radius 2 is 1.89 bits per heavy atom. The highest BCUT2D eigenvalue weighted by molar-refractivity contribution is 5.99. The Kier molecular flexibility index (Phi) is 4.71. The fraction of sp³-hybridized carbons (Fsp3) is 0.385. The SMILES string of the molecule is COC(=O)C(C)Nc1ccccc1C(=O)N(C)C. The predicted molar refractivity (Wildman–Crippen MR) is 69.6 cm³/mol. The number of nitrogens with one attached hydrogen (secondary N) is 1. The fourth-order valence-corrected chi connectivity index (χ4v) is 1.51. The van der Waals surface area contributed by atoms with Gasteiger partial charge in [-0.2, -0.15) is 0 Å². The zero-order valence-electron chi connectivity index (χ0n) is 11.1. The van der Waals surface area contributed by atoms with Crippen LogP contribution in [-0.2, 0) is 9.53 Å². The lowest BCUT2D eigenvalue weighted by Crippen LogP contribution is -2.29. The first-order chi connectivity index (χ1) is 8.47. The number of anilines is 1. The average Bonchev–Trinajstić information content (AvgIpc) is 2.37. The van der Waals surface area contributed by atoms with E-state index in [2.05, 4.69) is 10.1 Å². The molecule has 0 fully saturated rings. The summed E-state index contributed by atoms with van der Waals surface area (Å²) < 4.78 is 4.64. The Labute approximate surface area is 107 Å². The van der Waals surface area contributed by atoms with Crippen LogP contribution in [0, 0.1) is 0 Å². The van der Waals surface area contributed by atoms with Gasteiger partial charge in [0.2, 0.25) is 0 Å². The summed E-state index contributed by atoms with van der Waals surface area (Å²) in [6.45, 7) is 1.68. The van der Waals surface area contributed by atoms with Crippen molar-refractivity contribution >= 4 is 17.6 Å². The van der Waals surface area contributed by atoms with E-state index in [0.29, 0.717) is 11.3 Å². The summed E-state index contributed by atoms with van der Waals surface area (Å²) >= 11 is 0. The smallest absolute Gasteiger partial charge is 0.327 e. The zero-order valence-corrected chi connectivity index (χ0v) is 11.1. The Bertz CT molecular complexity index is 444. The first-order valence-electron chi connectivity index (χ1n) is 5.62. The highest BCUT2D eigenvalue weighted by Crippen LogP contribution is 2.17. The minimum atomic E-state index is -0.508. The molecule has 0 bridgehead atoms. The van der Waals surface area contributed by atoms with Gasteiger partial charge in [-0.15, -0.1) is 0 Å². The van der Waals surface area contributed by atoms with Gasteiger partial charge < -0.3 is 15.0 Å². The number of amides is 1. The summed E-state index contributed by atoms with van der Waals surface area (Å²) in [5.41, 5.74) is 1.15. The van der Waals surface area contributed by atoms with Crippen molar-refractivity contribution < 1.29 is 14.3 Å². The monoisotopic (exact) mass is 250 g/mol. The van der Waals surface area contributed by atoms with E-state index in [1.807, 2.05) is 0 Å². The second-order valence-electron chi connectivity index (χ2n) is 4.13. The number of hydrogen-bond donors (Lipinski definition) is 1. The van der Waals surface area contributed by atoms with Gasteiger partial charge in [0.15, 0.2) is 0 Å². The van der Waals surface area contributed by atoms with Crippen molar-refractivity contribution in [3.05, 3.63) is 29.8 Å². The second-order valence-corrected chi connectivity index (χ2v) is 4.13. The number of esters is 1. The molecule has 1 amide bonds. The van der Waals surface area contributed by atoms with Crippen molar-refractivity contribution in [2.75, 3.05) is 26.5 Å². The van der Waals surface area contributed by atoms with Gasteiger partial charge in [0, 0.05) is 19.8 Å². The maximum Gasteiger partial charge on any atom is 0.327 e. The number of carbonyl (C=O) groups excluding carboxylic acids is 2. The summed E-state index contributed by atoms with van der Waals surface area (Å²) in [6, 6.07) is 6.56. The van der Waals surface area contributed by atoms with E-state index < -0.39 is 6.04 Å². The largest absolute Gasteiger partial charge is 0.467 e. The number of carbonyl (C=O) groups is 2. The Hall–Kier alpha value is -2.04. The van der Waals surface area contributed by atoms with E-state index in [1.54, 1.807) is 45.3 Å². The quantitative estimate of drug-likeness (QED) is 0.820. The van der Waals surface area contributed by atoms with Crippen LogP contribution >= 0.6 is 0 Å². The van der Waals surface area contributed by atoms with Crippen LogP contribution in [0.5, 0.6) is 0 Å². The van der Waals surface area contributed by atoms with E-state index in [0.717, 1.165) is 0 Å². The van der Waals surface area contributed by atoms with Gasteiger partial charge in [0.05, 0.1) is 12.7 Å². The third-order valence-electron chi connectivity index (χ3n) is 2.49. The van der Waals surface area contributed by atoms with E-state index in [1.165, 1.54) is 12.0 Å². The molecule has 0 aliphatic carbocycles. The standard InChI is InChI=1S/C13H18N2O3/c1-9(13(17)18-4)14-11-8-6-5-7-10(11)12(16)15(2)3/h5-9,14H,1-4H3. The number of nitrogens with zero attached hydrogens (tertiary/aromatic N) is 1. The second kappa shape index (κ2) is 6.05. The summed E-state index contributed by atoms with van der Waals surface area (Å²) in [4.78, 5) is 24.8. The van der Waals surface area contributed by atoms with Gasteiger partial charge >= 0.3 is 5.97 Å². The van der Waals surface area contributed by atoms with Crippen molar-refractivity contribution in [1.82, 2.24) is 4.90 Å². The molecule has 0 aliphatic rings. The lowest BCUT2D eigenvalue weighted by molar-refractivity contribution is -0.141. The third kappa shape index (κ3) is 3.23. The molecular weight excluding hydrogens is 232 g/mol. The number of para-hydroxylation sites is 1. The van der Waals surface area contributed by atoms with Gasteiger partial charge in [-0.1, -0.05) is 12.1 Å². The van der Waals surface area contributed by atoms with Gasteiger partial charge in [0.25, 0.3) is 5.91 Å². The average molecular weight is 250 g/mol. The molecule has 5 nitrogen and oxygen atoms in total. The molecule has 18 heavy (non-hydrogen) atoms. The van der Waals surface area contributed by atoms with Crippen molar-refractivity contribution in [2.45, 2.75) is 13.0 Å². The first-order valence-corrected chi connectivity index (χ1v) is 5.62. The summed E-state index contributed by atoms with van der Waals surface area (Å²) in [5, 5.41) is 2.97. The van der Waals surface area contributed by atoms with E-state index in [-0.39, 0.29) is 11.9 Å². The van der Waals surface area contributed by atoms with Crippen molar-refractivity contribution in [1.29, 1.82) is 0 Å². The lowest BCUT2D eigenvalue weighted by Gasteiger charge is -2.18. The van der Waals surface area contributed by atoms with Crippen LogP contribution in [0.15, 0.2) is 24.3 Å². The molecule has 1 aromatic rings. The van der Waals surface area contributed by atoms with Crippen molar-refractivity contribution in [2.24, 2.45) is 0 Å². The summed E-state index contributed by atoms with van der Waals surface area (Å²) in [5.74, 6) is -0.489. The molecule has 5 heteroatoms. The van der Waals surface area contributed by atoms with Gasteiger partial charge in [-0.25, -0.2) is 4.79 Å². The molecule has 0 aromatic heterocycles. The van der Waals surface area contributed by atoms with Crippen LogP contribution < -0.4 is 5.32 Å². The number of methoxy groups -OCH3 is 1. The van der Waals surface area contributed by atoms with Crippen LogP contribution in [0.4, 0.5) is 5.69 Å². The topological polar surface area (TPSA) is 58.6 Å². The molecule has 0 spiro atoms. The number of benzene rings is 1. The number of ether oxygens (including phenoxy) is 1. The van der Waals surface area contributed by atoms with Crippen LogP contribution in [0.2, 0.25) is 0 Å². The Balaban J connectivity index is 2.96. The molecule has 0 saturated carbocycles. The molecular formula is C13H18N2O3. The predicted octanol–water partition coefficient (Wildman–Crippen LogP) is 1.36. The number of rotatable bonds is 4. The molecule has 0 saturated heterocycles. The molecule has 0 radical (unpaired) electrons. The summed E-state index contributed by atoms with van der Waals surface area (Å²) in [6.07, 6.45) is 0. The van der Waals surface area contributed by atoms with Crippen LogP contribution in [0.3, 0.4) is 0 Å². The zero-order chi connectivity index (χ0) is 13.7. The lowest BCUT2D eigenvalue weighted by atomic mass is 10.1. The van der Waals surface area contributed by atoms with Gasteiger partial charge in [-0.05, 0) is 19.1 Å². The molecule has 1 rings (SSSR count). The normalized spacial score (nSPS) is 11.6. The van der Waals surface area contributed by atoms with E-state index in [4.69, 9.17) is 0 Å². The maximum atomic E-state index is 12.0. The first kappa shape index (κ1) is 14.0. The Morgan fingerprint density at radius 1 is 1.28 bits per heavy atom. The minimum Gasteiger partial charge on any atom is -0.467 e. The number of hydrogen-bond acceptors (Lipinski definition) is 4. The molecule has 1 N–H and O–H groups in total. The van der Waals surface area contributed by atoms with Crippen molar-refractivity contribution in [3.8, 4) is 0 Å². The molecule has 0 aliphatic heterocycles. The molecule has 1 aromatic carbocycles. The van der Waals surface area contributed by atoms with Gasteiger partial charge in [0.1, 0.15) is 6.04 Å². The van der Waals surface area contributed by atoms with E-state index >= 15 is 0 Å². The molecule has 1 unspecified atom stereocenters. The van der Waals surface area contributed by atoms with Crippen molar-refractivity contribution in [3.63, 3.8) is 0 Å². The van der Waals surface area contributed by atoms with Gasteiger partial charge in [-0.3, -0.25) is 4.79 Å². The molecule has 98 valence electrons. The van der Waals surface area contributed by atoms with Crippen LogP contribution in [0.1, 0.15) is 17.3 Å². The third-order valence-corrected chi connectivity index (χ3v) is 2.49. The summed E-state index contributed by atoms with van der Waals surface area (Å²) in [7, 11) is 4.70. The fourth-order valence-electron chi connectivity index (χ4n) is 1.51. The maximum absolute atomic E-state index is 12.0. The minimum absolute atomic E-state index is 0.116. The molecule has 0 heterocycles. The van der Waals surface area contributed by atoms with E-state index in [9.17, 15) is 9.59 Å². The Morgan fingerprint density at radius 3 is 2.44 bits per heavy atom. The molecule has 1 atom stereocenters. The highest BCUT2D eigenvalue weighted by Gasteiger charge is 2.17. The highest BCUT2D eigenvalue weighted by atomic mass is 16.5. The van der Waals surface area contributed by atoms with Crippen LogP contribution in [0.25, 0.3) is 0 Å². The van der Waals surface area contributed by atoms with Crippen LogP contribution in [-0.4, -0.2) is 44.0 Å².